The standard InChI is InChI=1S/C7H6BrIN2O2/c1-4(12)11-10-3-5-2-6(8)7(9)13-5/h2-3H,1H3,(H,11,12)/b10-3-. The van der Waals surface area contributed by atoms with Gasteiger partial charge in [-0.05, 0) is 15.9 Å². The van der Waals surface area contributed by atoms with Crippen molar-refractivity contribution < 1.29 is 9.21 Å². The maximum Gasteiger partial charge on any atom is 0.236 e. The van der Waals surface area contributed by atoms with Crippen LogP contribution in [-0.4, -0.2) is 12.1 Å². The molecule has 70 valence electrons. The molecule has 0 saturated heterocycles. The Hall–Kier alpha value is -0.370. The van der Waals surface area contributed by atoms with Crippen LogP contribution in [0.2, 0.25) is 0 Å². The number of hydrazone groups is 1. The molecular formula is C7H6BrIN2O2. The van der Waals surface area contributed by atoms with E-state index in [4.69, 9.17) is 4.42 Å². The van der Waals surface area contributed by atoms with Gasteiger partial charge in [-0.3, -0.25) is 4.79 Å². The van der Waals surface area contributed by atoms with Gasteiger partial charge in [-0.1, -0.05) is 0 Å². The second-order valence-electron chi connectivity index (χ2n) is 2.20. The highest BCUT2D eigenvalue weighted by Gasteiger charge is 2.02. The maximum atomic E-state index is 10.4. The fraction of sp³-hybridized carbons (Fsp3) is 0.143. The van der Waals surface area contributed by atoms with Crippen molar-refractivity contribution in [1.82, 2.24) is 5.43 Å². The summed E-state index contributed by atoms with van der Waals surface area (Å²) in [5.41, 5.74) is 2.28. The van der Waals surface area contributed by atoms with E-state index < -0.39 is 0 Å². The van der Waals surface area contributed by atoms with Crippen LogP contribution in [0, 0.1) is 3.77 Å². The second-order valence-corrected chi connectivity index (χ2v) is 4.03. The molecule has 0 saturated carbocycles. The molecule has 1 heterocycles. The SMILES string of the molecule is CC(=O)N/N=C\c1cc(Br)c(I)o1. The Morgan fingerprint density at radius 1 is 1.85 bits per heavy atom. The summed E-state index contributed by atoms with van der Waals surface area (Å²) in [5, 5.41) is 3.65. The predicted octanol–water partition coefficient (Wildman–Crippen LogP) is 2.12. The average molecular weight is 357 g/mol. The van der Waals surface area contributed by atoms with E-state index in [1.54, 1.807) is 6.07 Å². The van der Waals surface area contributed by atoms with E-state index in [1.807, 2.05) is 22.6 Å². The molecule has 6 heteroatoms. The smallest absolute Gasteiger partial charge is 0.236 e. The fourth-order valence-corrected chi connectivity index (χ4v) is 1.33. The van der Waals surface area contributed by atoms with Gasteiger partial charge in [0.25, 0.3) is 0 Å². The first-order valence-corrected chi connectivity index (χ1v) is 5.21. The molecule has 0 bridgehead atoms. The van der Waals surface area contributed by atoms with Crippen molar-refractivity contribution >= 4 is 50.6 Å². The monoisotopic (exact) mass is 356 g/mol. The molecule has 13 heavy (non-hydrogen) atoms. The van der Waals surface area contributed by atoms with Gasteiger partial charge in [0.2, 0.25) is 5.91 Å². The molecule has 0 fully saturated rings. The first-order valence-electron chi connectivity index (χ1n) is 3.34. The summed E-state index contributed by atoms with van der Waals surface area (Å²) in [6.45, 7) is 1.39. The molecule has 1 amide bonds. The Labute approximate surface area is 97.0 Å². The molecule has 0 aromatic carbocycles. The molecule has 0 unspecified atom stereocenters. The second kappa shape index (κ2) is 4.75. The average Bonchev–Trinajstić information content (AvgIpc) is 2.30. The van der Waals surface area contributed by atoms with Crippen LogP contribution in [0.4, 0.5) is 0 Å². The largest absolute Gasteiger partial charge is 0.448 e. The van der Waals surface area contributed by atoms with Gasteiger partial charge in [-0.25, -0.2) is 5.43 Å². The zero-order valence-corrected chi connectivity index (χ0v) is 10.4. The van der Waals surface area contributed by atoms with Crippen molar-refractivity contribution in [2.24, 2.45) is 5.10 Å². The van der Waals surface area contributed by atoms with Gasteiger partial charge in [-0.15, -0.1) is 0 Å². The summed E-state index contributed by atoms with van der Waals surface area (Å²) in [7, 11) is 0. The van der Waals surface area contributed by atoms with Crippen LogP contribution >= 0.6 is 38.5 Å². The zero-order valence-electron chi connectivity index (χ0n) is 6.67. The summed E-state index contributed by atoms with van der Waals surface area (Å²) in [5.74, 6) is 0.376. The van der Waals surface area contributed by atoms with E-state index in [0.29, 0.717) is 5.76 Å². The number of halogens is 2. The van der Waals surface area contributed by atoms with E-state index in [0.717, 1.165) is 8.24 Å². The number of rotatable bonds is 2. The minimum absolute atomic E-state index is 0.212. The lowest BCUT2D eigenvalue weighted by molar-refractivity contribution is -0.118. The molecule has 0 radical (unpaired) electrons. The molecule has 0 aliphatic carbocycles. The quantitative estimate of drug-likeness (QED) is 0.501. The van der Waals surface area contributed by atoms with Gasteiger partial charge in [0.05, 0.1) is 10.7 Å². The third-order valence-electron chi connectivity index (χ3n) is 1.08. The molecule has 4 nitrogen and oxygen atoms in total. The first-order chi connectivity index (χ1) is 6.09. The minimum atomic E-state index is -0.212. The van der Waals surface area contributed by atoms with Crippen molar-refractivity contribution in [3.05, 3.63) is 20.1 Å². The summed E-state index contributed by atoms with van der Waals surface area (Å²) in [6, 6.07) is 1.77. The number of carbonyl (C=O) groups excluding carboxylic acids is 1. The zero-order chi connectivity index (χ0) is 9.84. The number of furan rings is 1. The fourth-order valence-electron chi connectivity index (χ4n) is 0.614. The number of nitrogens with zero attached hydrogens (tertiary/aromatic N) is 1. The highest BCUT2D eigenvalue weighted by atomic mass is 127. The molecule has 0 atom stereocenters. The molecule has 0 spiro atoms. The molecule has 1 aromatic heterocycles. The minimum Gasteiger partial charge on any atom is -0.448 e. The van der Waals surface area contributed by atoms with Gasteiger partial charge < -0.3 is 4.42 Å². The normalized spacial score (nSPS) is 10.7. The highest BCUT2D eigenvalue weighted by molar-refractivity contribution is 14.1. The van der Waals surface area contributed by atoms with E-state index in [1.165, 1.54) is 13.1 Å². The Balaban J connectivity index is 2.64. The lowest BCUT2D eigenvalue weighted by Crippen LogP contribution is -2.12. The van der Waals surface area contributed by atoms with Crippen LogP contribution in [0.1, 0.15) is 12.7 Å². The molecular weight excluding hydrogens is 351 g/mol. The summed E-state index contributed by atoms with van der Waals surface area (Å²) < 4.78 is 6.86. The maximum absolute atomic E-state index is 10.4. The van der Waals surface area contributed by atoms with Crippen LogP contribution in [-0.2, 0) is 4.79 Å². The Bertz CT molecular complexity index is 329. The summed E-state index contributed by atoms with van der Waals surface area (Å²) in [6.07, 6.45) is 1.44. The highest BCUT2D eigenvalue weighted by Crippen LogP contribution is 2.21. The molecule has 0 aliphatic heterocycles. The van der Waals surface area contributed by atoms with Gasteiger partial charge >= 0.3 is 0 Å². The van der Waals surface area contributed by atoms with Crippen molar-refractivity contribution in [3.63, 3.8) is 0 Å². The third-order valence-corrected chi connectivity index (χ3v) is 3.21. The van der Waals surface area contributed by atoms with E-state index in [2.05, 4.69) is 26.5 Å². The summed E-state index contributed by atoms with van der Waals surface area (Å²) in [4.78, 5) is 10.4. The van der Waals surface area contributed by atoms with E-state index in [9.17, 15) is 4.79 Å². The van der Waals surface area contributed by atoms with E-state index in [-0.39, 0.29) is 5.91 Å². The van der Waals surface area contributed by atoms with Crippen molar-refractivity contribution in [1.29, 1.82) is 0 Å². The first kappa shape index (κ1) is 10.7. The number of carbonyl (C=O) groups is 1. The van der Waals surface area contributed by atoms with Crippen LogP contribution in [0.5, 0.6) is 0 Å². The Kier molecular flexibility index (Phi) is 3.91. The van der Waals surface area contributed by atoms with Crippen molar-refractivity contribution in [2.45, 2.75) is 6.92 Å². The van der Waals surface area contributed by atoms with Gasteiger partial charge in [-0.2, -0.15) is 5.10 Å². The molecule has 0 aliphatic rings. The van der Waals surface area contributed by atoms with Crippen LogP contribution in [0.15, 0.2) is 20.1 Å². The van der Waals surface area contributed by atoms with Gasteiger partial charge in [0, 0.05) is 35.6 Å². The van der Waals surface area contributed by atoms with Crippen LogP contribution in [0.3, 0.4) is 0 Å². The Morgan fingerprint density at radius 2 is 2.54 bits per heavy atom. The Morgan fingerprint density at radius 3 is 3.00 bits per heavy atom. The predicted molar refractivity (Wildman–Crippen MR) is 60.5 cm³/mol. The number of nitrogens with one attached hydrogen (secondary N) is 1. The molecule has 1 rings (SSSR count). The van der Waals surface area contributed by atoms with Crippen LogP contribution in [0.25, 0.3) is 0 Å². The van der Waals surface area contributed by atoms with Crippen LogP contribution < -0.4 is 5.43 Å². The summed E-state index contributed by atoms with van der Waals surface area (Å²) >= 11 is 5.33. The number of amides is 1. The molecule has 1 aromatic rings. The van der Waals surface area contributed by atoms with Crippen molar-refractivity contribution in [3.8, 4) is 0 Å². The lowest BCUT2D eigenvalue weighted by Gasteiger charge is -1.88. The number of hydrogen-bond acceptors (Lipinski definition) is 3. The van der Waals surface area contributed by atoms with Gasteiger partial charge in [0.15, 0.2) is 3.77 Å². The molecule has 1 N–H and O–H groups in total. The topological polar surface area (TPSA) is 54.6 Å². The third kappa shape index (κ3) is 3.47. The lowest BCUT2D eigenvalue weighted by atomic mass is 10.5. The van der Waals surface area contributed by atoms with Gasteiger partial charge in [0.1, 0.15) is 5.76 Å². The van der Waals surface area contributed by atoms with E-state index >= 15 is 0 Å². The number of hydrogen-bond donors (Lipinski definition) is 1. The van der Waals surface area contributed by atoms with Crippen molar-refractivity contribution in [2.75, 3.05) is 0 Å².